The molecule has 1 amide bonds. The molecule has 0 saturated heterocycles. The van der Waals surface area contributed by atoms with E-state index in [9.17, 15) is 4.79 Å². The Labute approximate surface area is 127 Å². The Kier molecular flexibility index (Phi) is 6.72. The van der Waals surface area contributed by atoms with Gasteiger partial charge in [0.25, 0.3) is 5.91 Å². The number of methoxy groups -OCH3 is 1. The van der Waals surface area contributed by atoms with E-state index in [4.69, 9.17) is 4.74 Å². The number of thioether (sulfide) groups is 1. The van der Waals surface area contributed by atoms with Crippen molar-refractivity contribution in [3.63, 3.8) is 0 Å². The number of halogens is 1. The van der Waals surface area contributed by atoms with Gasteiger partial charge in [-0.2, -0.15) is 11.8 Å². The van der Waals surface area contributed by atoms with Gasteiger partial charge in [-0.3, -0.25) is 4.79 Å². The van der Waals surface area contributed by atoms with Crippen LogP contribution in [0.15, 0.2) is 22.7 Å². The van der Waals surface area contributed by atoms with Crippen LogP contribution in [0.1, 0.15) is 23.7 Å². The first-order chi connectivity index (χ1) is 9.04. The normalized spacial score (nSPS) is 12.1. The summed E-state index contributed by atoms with van der Waals surface area (Å²) in [6.45, 7) is 2.10. The summed E-state index contributed by atoms with van der Waals surface area (Å²) in [4.78, 5) is 14.3. The van der Waals surface area contributed by atoms with Crippen LogP contribution in [-0.2, 0) is 0 Å². The first kappa shape index (κ1) is 16.4. The second kappa shape index (κ2) is 7.80. The van der Waals surface area contributed by atoms with Crippen LogP contribution in [0.5, 0.6) is 5.75 Å². The average Bonchev–Trinajstić information content (AvgIpc) is 2.43. The van der Waals surface area contributed by atoms with Crippen molar-refractivity contribution in [1.29, 1.82) is 0 Å². The first-order valence-corrected chi connectivity index (χ1v) is 8.33. The van der Waals surface area contributed by atoms with Gasteiger partial charge in [-0.15, -0.1) is 0 Å². The number of nitrogens with zero attached hydrogens (tertiary/aromatic N) is 1. The van der Waals surface area contributed by atoms with E-state index < -0.39 is 0 Å². The number of carbonyl (C=O) groups excluding carboxylic acids is 1. The van der Waals surface area contributed by atoms with Gasteiger partial charge < -0.3 is 9.64 Å². The molecule has 1 rings (SSSR count). The fourth-order valence-electron chi connectivity index (χ4n) is 1.89. The molecule has 0 aliphatic heterocycles. The summed E-state index contributed by atoms with van der Waals surface area (Å²) in [6.07, 6.45) is 3.00. The fraction of sp³-hybridized carbons (Fsp3) is 0.500. The quantitative estimate of drug-likeness (QED) is 0.787. The second-order valence-electron chi connectivity index (χ2n) is 4.28. The number of hydrogen-bond donors (Lipinski definition) is 0. The monoisotopic (exact) mass is 345 g/mol. The number of amides is 1. The third-order valence-electron chi connectivity index (χ3n) is 3.09. The predicted octanol–water partition coefficient (Wildman–Crippen LogP) is 3.67. The lowest BCUT2D eigenvalue weighted by Crippen LogP contribution is -2.38. The molecule has 19 heavy (non-hydrogen) atoms. The molecule has 0 fully saturated rings. The molecule has 0 saturated carbocycles. The van der Waals surface area contributed by atoms with Crippen molar-refractivity contribution in [2.75, 3.05) is 26.2 Å². The van der Waals surface area contributed by atoms with Gasteiger partial charge in [-0.25, -0.2) is 0 Å². The molecule has 1 unspecified atom stereocenters. The van der Waals surface area contributed by atoms with Crippen LogP contribution in [0.3, 0.4) is 0 Å². The Morgan fingerprint density at radius 3 is 2.74 bits per heavy atom. The second-order valence-corrected chi connectivity index (χ2v) is 6.10. The van der Waals surface area contributed by atoms with Gasteiger partial charge in [-0.1, -0.05) is 22.9 Å². The SMILES string of the molecule is CCC(CSC)N(C)C(=O)c1ccc(Br)cc1OC. The van der Waals surface area contributed by atoms with Gasteiger partial charge in [0.05, 0.1) is 12.7 Å². The van der Waals surface area contributed by atoms with Gasteiger partial charge in [0.1, 0.15) is 5.75 Å². The number of carbonyl (C=O) groups is 1. The summed E-state index contributed by atoms with van der Waals surface area (Å²) in [6, 6.07) is 5.72. The zero-order valence-corrected chi connectivity index (χ0v) is 14.2. The highest BCUT2D eigenvalue weighted by atomic mass is 79.9. The third kappa shape index (κ3) is 4.14. The molecular formula is C14H20BrNO2S. The van der Waals surface area contributed by atoms with Crippen molar-refractivity contribution < 1.29 is 9.53 Å². The summed E-state index contributed by atoms with van der Waals surface area (Å²) < 4.78 is 6.19. The lowest BCUT2D eigenvalue weighted by Gasteiger charge is -2.27. The van der Waals surface area contributed by atoms with E-state index in [0.717, 1.165) is 16.6 Å². The Morgan fingerprint density at radius 1 is 1.53 bits per heavy atom. The van der Waals surface area contributed by atoms with Gasteiger partial charge >= 0.3 is 0 Å². The summed E-state index contributed by atoms with van der Waals surface area (Å²) in [5.41, 5.74) is 0.604. The zero-order valence-electron chi connectivity index (χ0n) is 11.8. The zero-order chi connectivity index (χ0) is 14.4. The molecule has 0 radical (unpaired) electrons. The Balaban J connectivity index is 2.99. The highest BCUT2D eigenvalue weighted by Gasteiger charge is 2.22. The van der Waals surface area contributed by atoms with Gasteiger partial charge in [0.2, 0.25) is 0 Å². The fourth-order valence-corrected chi connectivity index (χ4v) is 3.08. The molecule has 0 aliphatic carbocycles. The topological polar surface area (TPSA) is 29.5 Å². The molecule has 106 valence electrons. The minimum absolute atomic E-state index is 0.00486. The Bertz CT molecular complexity index is 439. The van der Waals surface area contributed by atoms with Crippen LogP contribution in [0.4, 0.5) is 0 Å². The minimum atomic E-state index is 0.00486. The van der Waals surface area contributed by atoms with Crippen LogP contribution in [0, 0.1) is 0 Å². The van der Waals surface area contributed by atoms with Crippen LogP contribution >= 0.6 is 27.7 Å². The summed E-state index contributed by atoms with van der Waals surface area (Å²) in [5.74, 6) is 1.55. The van der Waals surface area contributed by atoms with Crippen LogP contribution in [0.25, 0.3) is 0 Å². The molecule has 1 aromatic carbocycles. The third-order valence-corrected chi connectivity index (χ3v) is 4.30. The van der Waals surface area contributed by atoms with Crippen molar-refractivity contribution in [2.45, 2.75) is 19.4 Å². The lowest BCUT2D eigenvalue weighted by molar-refractivity contribution is 0.0740. The van der Waals surface area contributed by atoms with Crippen LogP contribution < -0.4 is 4.74 Å². The van der Waals surface area contributed by atoms with Crippen molar-refractivity contribution in [3.8, 4) is 5.75 Å². The number of rotatable bonds is 6. The summed E-state index contributed by atoms with van der Waals surface area (Å²) >= 11 is 5.14. The van der Waals surface area contributed by atoms with Crippen molar-refractivity contribution in [1.82, 2.24) is 4.90 Å². The highest BCUT2D eigenvalue weighted by Crippen LogP contribution is 2.25. The smallest absolute Gasteiger partial charge is 0.257 e. The number of hydrogen-bond acceptors (Lipinski definition) is 3. The molecule has 0 spiro atoms. The van der Waals surface area contributed by atoms with Crippen LogP contribution in [0.2, 0.25) is 0 Å². The lowest BCUT2D eigenvalue weighted by atomic mass is 10.1. The van der Waals surface area contributed by atoms with E-state index in [2.05, 4.69) is 29.1 Å². The first-order valence-electron chi connectivity index (χ1n) is 6.14. The molecule has 0 heterocycles. The van der Waals surface area contributed by atoms with Gasteiger partial charge in [-0.05, 0) is 30.9 Å². The van der Waals surface area contributed by atoms with E-state index >= 15 is 0 Å². The van der Waals surface area contributed by atoms with Crippen molar-refractivity contribution in [3.05, 3.63) is 28.2 Å². The molecular weight excluding hydrogens is 326 g/mol. The van der Waals surface area contributed by atoms with Crippen molar-refractivity contribution in [2.24, 2.45) is 0 Å². The Morgan fingerprint density at radius 2 is 2.21 bits per heavy atom. The standard InChI is InChI=1S/C14H20BrNO2S/c1-5-11(9-19-4)16(2)14(17)12-7-6-10(15)8-13(12)18-3/h6-8,11H,5,9H2,1-4H3. The van der Waals surface area contributed by atoms with Gasteiger partial charge in [0, 0.05) is 23.3 Å². The molecule has 0 aromatic heterocycles. The van der Waals surface area contributed by atoms with E-state index in [1.54, 1.807) is 24.9 Å². The maximum atomic E-state index is 12.5. The highest BCUT2D eigenvalue weighted by molar-refractivity contribution is 9.10. The summed E-state index contributed by atoms with van der Waals surface area (Å²) in [5, 5.41) is 0. The van der Waals surface area contributed by atoms with E-state index in [1.807, 2.05) is 24.1 Å². The van der Waals surface area contributed by atoms with E-state index in [-0.39, 0.29) is 11.9 Å². The minimum Gasteiger partial charge on any atom is -0.496 e. The van der Waals surface area contributed by atoms with E-state index in [1.165, 1.54) is 0 Å². The maximum Gasteiger partial charge on any atom is 0.257 e. The number of benzene rings is 1. The predicted molar refractivity (Wildman–Crippen MR) is 85.2 cm³/mol. The maximum absolute atomic E-state index is 12.5. The molecule has 3 nitrogen and oxygen atoms in total. The molecule has 5 heteroatoms. The number of ether oxygens (including phenoxy) is 1. The average molecular weight is 346 g/mol. The largest absolute Gasteiger partial charge is 0.496 e. The molecule has 0 N–H and O–H groups in total. The molecule has 1 atom stereocenters. The van der Waals surface area contributed by atoms with E-state index in [0.29, 0.717) is 11.3 Å². The molecule has 0 aliphatic rings. The van der Waals surface area contributed by atoms with Crippen molar-refractivity contribution >= 4 is 33.6 Å². The molecule has 0 bridgehead atoms. The Hall–Kier alpha value is -0.680. The molecule has 1 aromatic rings. The van der Waals surface area contributed by atoms with Gasteiger partial charge in [0.15, 0.2) is 0 Å². The van der Waals surface area contributed by atoms with Crippen LogP contribution in [-0.4, -0.2) is 43.0 Å². The summed E-state index contributed by atoms with van der Waals surface area (Å²) in [7, 11) is 3.44.